The van der Waals surface area contributed by atoms with Crippen molar-refractivity contribution in [2.24, 2.45) is 10.2 Å². The molecule has 0 saturated heterocycles. The Labute approximate surface area is 78.3 Å². The second-order valence-electron chi connectivity index (χ2n) is 3.12. The van der Waals surface area contributed by atoms with Gasteiger partial charge in [0.15, 0.2) is 12.2 Å². The van der Waals surface area contributed by atoms with Crippen molar-refractivity contribution in [3.05, 3.63) is 22.0 Å². The summed E-state index contributed by atoms with van der Waals surface area (Å²) in [5.41, 5.74) is 3.83. The molecular weight excluding hydrogens is 218 g/mol. The van der Waals surface area contributed by atoms with Crippen molar-refractivity contribution in [3.8, 4) is 0 Å². The lowest BCUT2D eigenvalue weighted by molar-refractivity contribution is -0.446. The molecule has 0 saturated carbocycles. The maximum Gasteiger partial charge on any atom is 0.245 e. The quantitative estimate of drug-likeness (QED) is 0.444. The van der Waals surface area contributed by atoms with Crippen molar-refractivity contribution in [1.29, 1.82) is 0 Å². The summed E-state index contributed by atoms with van der Waals surface area (Å²) in [6.07, 6.45) is 3.17. The number of hydrogen-bond acceptors (Lipinski definition) is 2. The molecule has 3 heterocycles. The Kier molecular flexibility index (Phi) is 1.19. The topological polar surface area (TPSA) is 27.7 Å². The zero-order chi connectivity index (χ0) is 8.13. The standard InChI is InChI=1S/C8H7BrN3/c9-7-2-1-6-8-5(3-10-11-8)4-12(6)7/h2H,1,3-4H2/q+1. The van der Waals surface area contributed by atoms with Crippen molar-refractivity contribution < 1.29 is 4.58 Å². The van der Waals surface area contributed by atoms with Gasteiger partial charge in [-0.25, -0.2) is 0 Å². The number of allylic oxidation sites excluding steroid dienone is 2. The monoisotopic (exact) mass is 224 g/mol. The van der Waals surface area contributed by atoms with Crippen LogP contribution in [0.2, 0.25) is 0 Å². The zero-order valence-corrected chi connectivity index (χ0v) is 8.00. The molecule has 0 bridgehead atoms. The maximum absolute atomic E-state index is 4.15. The summed E-state index contributed by atoms with van der Waals surface area (Å²) in [5.74, 6) is 0. The second-order valence-corrected chi connectivity index (χ2v) is 3.93. The number of rotatable bonds is 0. The van der Waals surface area contributed by atoms with Gasteiger partial charge < -0.3 is 0 Å². The lowest BCUT2D eigenvalue weighted by Crippen LogP contribution is -2.09. The summed E-state index contributed by atoms with van der Waals surface area (Å²) in [7, 11) is 0. The van der Waals surface area contributed by atoms with Gasteiger partial charge in [-0.1, -0.05) is 0 Å². The molecule has 0 spiro atoms. The van der Waals surface area contributed by atoms with Gasteiger partial charge in [-0.05, 0) is 0 Å². The Balaban J connectivity index is 2.10. The average molecular weight is 225 g/mol. The molecule has 3 rings (SSSR count). The third-order valence-corrected chi connectivity index (χ3v) is 3.19. The molecule has 0 atom stereocenters. The summed E-state index contributed by atoms with van der Waals surface area (Å²) in [4.78, 5) is 0. The van der Waals surface area contributed by atoms with Gasteiger partial charge in [0.2, 0.25) is 10.3 Å². The summed E-state index contributed by atoms with van der Waals surface area (Å²) >= 11 is 3.52. The Morgan fingerprint density at radius 1 is 1.50 bits per heavy atom. The van der Waals surface area contributed by atoms with Gasteiger partial charge >= 0.3 is 0 Å². The molecular formula is C8H7BrN3+. The Morgan fingerprint density at radius 2 is 2.42 bits per heavy atom. The van der Waals surface area contributed by atoms with Gasteiger partial charge in [0, 0.05) is 22.0 Å². The predicted octanol–water partition coefficient (Wildman–Crippen LogP) is 1.81. The predicted molar refractivity (Wildman–Crippen MR) is 48.5 cm³/mol. The molecule has 0 N–H and O–H groups in total. The van der Waals surface area contributed by atoms with Crippen LogP contribution in [0.3, 0.4) is 0 Å². The SMILES string of the molecule is BrC1=CCC2=[N+]1CC1=C2N=NC1. The molecule has 0 aromatic carbocycles. The molecule has 3 aliphatic rings. The third-order valence-electron chi connectivity index (χ3n) is 2.44. The van der Waals surface area contributed by atoms with Crippen LogP contribution < -0.4 is 0 Å². The largest absolute Gasteiger partial charge is 0.245 e. The molecule has 0 aliphatic carbocycles. The smallest absolute Gasteiger partial charge is 0.184 e. The van der Waals surface area contributed by atoms with Gasteiger partial charge in [-0.3, -0.25) is 0 Å². The van der Waals surface area contributed by atoms with E-state index in [1.807, 2.05) is 0 Å². The van der Waals surface area contributed by atoms with Crippen LogP contribution in [-0.4, -0.2) is 23.4 Å². The Hall–Kier alpha value is -0.770. The zero-order valence-electron chi connectivity index (χ0n) is 6.42. The molecule has 3 nitrogen and oxygen atoms in total. The minimum atomic E-state index is 0.801. The van der Waals surface area contributed by atoms with E-state index in [9.17, 15) is 0 Å². The van der Waals surface area contributed by atoms with Crippen molar-refractivity contribution in [1.82, 2.24) is 0 Å². The highest BCUT2D eigenvalue weighted by atomic mass is 79.9. The molecule has 0 radical (unpaired) electrons. The molecule has 0 fully saturated rings. The fourth-order valence-corrected chi connectivity index (χ4v) is 2.34. The van der Waals surface area contributed by atoms with Gasteiger partial charge in [0.25, 0.3) is 0 Å². The first-order valence-electron chi connectivity index (χ1n) is 3.95. The fourth-order valence-electron chi connectivity index (χ4n) is 1.84. The summed E-state index contributed by atoms with van der Waals surface area (Å²) < 4.78 is 3.45. The normalized spacial score (nSPS) is 25.2. The van der Waals surface area contributed by atoms with E-state index in [0.29, 0.717) is 0 Å². The van der Waals surface area contributed by atoms with Crippen LogP contribution in [0.1, 0.15) is 6.42 Å². The van der Waals surface area contributed by atoms with E-state index >= 15 is 0 Å². The van der Waals surface area contributed by atoms with E-state index in [0.717, 1.165) is 25.2 Å². The minimum absolute atomic E-state index is 0.801. The first-order chi connectivity index (χ1) is 5.86. The number of halogens is 1. The highest BCUT2D eigenvalue weighted by molar-refractivity contribution is 9.11. The molecule has 12 heavy (non-hydrogen) atoms. The molecule has 0 aromatic rings. The van der Waals surface area contributed by atoms with Gasteiger partial charge in [-0.2, -0.15) is 9.69 Å². The second kappa shape index (κ2) is 2.13. The molecule has 0 aromatic heterocycles. The fraction of sp³-hybridized carbons (Fsp3) is 0.375. The van der Waals surface area contributed by atoms with Crippen molar-refractivity contribution in [3.63, 3.8) is 0 Å². The number of azo groups is 1. The summed E-state index contributed by atoms with van der Waals surface area (Å²) in [6.45, 7) is 1.78. The third kappa shape index (κ3) is 0.684. The minimum Gasteiger partial charge on any atom is -0.184 e. The number of nitrogens with zero attached hydrogens (tertiary/aromatic N) is 3. The van der Waals surface area contributed by atoms with E-state index in [1.165, 1.54) is 15.9 Å². The molecule has 0 amide bonds. The Morgan fingerprint density at radius 3 is 3.33 bits per heavy atom. The van der Waals surface area contributed by atoms with Crippen LogP contribution in [0.25, 0.3) is 0 Å². The van der Waals surface area contributed by atoms with E-state index in [1.54, 1.807) is 0 Å². The Bertz CT molecular complexity index is 387. The average Bonchev–Trinajstić information content (AvgIpc) is 2.63. The lowest BCUT2D eigenvalue weighted by atomic mass is 10.1. The highest BCUT2D eigenvalue weighted by Crippen LogP contribution is 2.31. The van der Waals surface area contributed by atoms with E-state index in [-0.39, 0.29) is 0 Å². The first-order valence-corrected chi connectivity index (χ1v) is 4.74. The van der Waals surface area contributed by atoms with Crippen LogP contribution in [0, 0.1) is 0 Å². The van der Waals surface area contributed by atoms with E-state index in [4.69, 9.17) is 0 Å². The van der Waals surface area contributed by atoms with Crippen LogP contribution in [0.15, 0.2) is 32.2 Å². The van der Waals surface area contributed by atoms with E-state index < -0.39 is 0 Å². The number of fused-ring (bicyclic) bond motifs is 1. The molecule has 60 valence electrons. The van der Waals surface area contributed by atoms with Crippen LogP contribution in [0.5, 0.6) is 0 Å². The van der Waals surface area contributed by atoms with Gasteiger partial charge in [0.05, 0.1) is 18.5 Å². The van der Waals surface area contributed by atoms with E-state index in [2.05, 4.69) is 36.8 Å². The summed E-state index contributed by atoms with van der Waals surface area (Å²) in [6, 6.07) is 0. The van der Waals surface area contributed by atoms with Crippen LogP contribution >= 0.6 is 15.9 Å². The van der Waals surface area contributed by atoms with Gasteiger partial charge in [0.1, 0.15) is 0 Å². The highest BCUT2D eigenvalue weighted by Gasteiger charge is 2.38. The van der Waals surface area contributed by atoms with Crippen molar-refractivity contribution >= 4 is 21.6 Å². The molecule has 3 aliphatic heterocycles. The van der Waals surface area contributed by atoms with Crippen molar-refractivity contribution in [2.45, 2.75) is 6.42 Å². The summed E-state index contributed by atoms with van der Waals surface area (Å²) in [5, 5.41) is 8.16. The van der Waals surface area contributed by atoms with Crippen molar-refractivity contribution in [2.75, 3.05) is 13.1 Å². The molecule has 4 heteroatoms. The lowest BCUT2D eigenvalue weighted by Gasteiger charge is -1.92. The van der Waals surface area contributed by atoms with Gasteiger partial charge in [-0.15, -0.1) is 5.11 Å². The van der Waals surface area contributed by atoms with Crippen LogP contribution in [-0.2, 0) is 0 Å². The molecule has 0 unspecified atom stereocenters. The first kappa shape index (κ1) is 6.71. The maximum atomic E-state index is 4.15. The number of hydrogen-bond donors (Lipinski definition) is 0. The van der Waals surface area contributed by atoms with Crippen LogP contribution in [0.4, 0.5) is 0 Å².